The van der Waals surface area contributed by atoms with Gasteiger partial charge >= 0.3 is 5.97 Å². The molecule has 0 radical (unpaired) electrons. The van der Waals surface area contributed by atoms with E-state index in [9.17, 15) is 19.3 Å². The maximum atomic E-state index is 13.0. The maximum absolute atomic E-state index is 13.0. The Hall–Kier alpha value is -3.55. The summed E-state index contributed by atoms with van der Waals surface area (Å²) >= 11 is 0. The summed E-state index contributed by atoms with van der Waals surface area (Å²) in [5.74, 6) is -0.617. The lowest BCUT2D eigenvalue weighted by Gasteiger charge is -2.04. The molecular formula is C19H15FN2O5. The average molecular weight is 370 g/mol. The third-order valence-corrected chi connectivity index (χ3v) is 4.11. The van der Waals surface area contributed by atoms with Crippen molar-refractivity contribution in [1.82, 2.24) is 5.16 Å². The molecular weight excluding hydrogens is 355 g/mol. The zero-order chi connectivity index (χ0) is 19.6. The average Bonchev–Trinajstić information content (AvgIpc) is 3.01. The van der Waals surface area contributed by atoms with Gasteiger partial charge < -0.3 is 9.26 Å². The van der Waals surface area contributed by atoms with Gasteiger partial charge in [0.1, 0.15) is 18.1 Å². The van der Waals surface area contributed by atoms with E-state index in [0.29, 0.717) is 28.1 Å². The lowest BCUT2D eigenvalue weighted by Crippen LogP contribution is -2.07. The fraction of sp³-hybridized carbons (Fsp3) is 0.158. The molecule has 0 N–H and O–H groups in total. The van der Waals surface area contributed by atoms with Crippen LogP contribution >= 0.6 is 0 Å². The van der Waals surface area contributed by atoms with Crippen LogP contribution in [0.3, 0.4) is 0 Å². The number of rotatable bonds is 5. The second-order valence-corrected chi connectivity index (χ2v) is 5.92. The molecule has 3 aromatic rings. The van der Waals surface area contributed by atoms with E-state index >= 15 is 0 Å². The van der Waals surface area contributed by atoms with Crippen molar-refractivity contribution in [3.8, 4) is 11.3 Å². The van der Waals surface area contributed by atoms with E-state index in [1.165, 1.54) is 30.3 Å². The fourth-order valence-electron chi connectivity index (χ4n) is 2.52. The molecule has 8 heteroatoms. The van der Waals surface area contributed by atoms with Gasteiger partial charge in [-0.3, -0.25) is 10.1 Å². The van der Waals surface area contributed by atoms with Crippen LogP contribution < -0.4 is 0 Å². The van der Waals surface area contributed by atoms with E-state index in [4.69, 9.17) is 9.26 Å². The van der Waals surface area contributed by atoms with Crippen LogP contribution in [0.2, 0.25) is 0 Å². The van der Waals surface area contributed by atoms with Gasteiger partial charge in [-0.15, -0.1) is 0 Å². The van der Waals surface area contributed by atoms with Crippen LogP contribution in [0.4, 0.5) is 10.1 Å². The van der Waals surface area contributed by atoms with Crippen LogP contribution in [-0.2, 0) is 11.3 Å². The number of halogens is 1. The first kappa shape index (κ1) is 18.2. The highest BCUT2D eigenvalue weighted by Crippen LogP contribution is 2.26. The van der Waals surface area contributed by atoms with Gasteiger partial charge in [0.05, 0.1) is 10.5 Å². The molecule has 0 aliphatic heterocycles. The van der Waals surface area contributed by atoms with Crippen LogP contribution in [0.5, 0.6) is 0 Å². The van der Waals surface area contributed by atoms with Crippen LogP contribution in [0, 0.1) is 29.8 Å². The lowest BCUT2D eigenvalue weighted by atomic mass is 10.1. The third-order valence-electron chi connectivity index (χ3n) is 4.11. The highest BCUT2D eigenvalue weighted by Gasteiger charge is 2.18. The number of nitro groups is 1. The van der Waals surface area contributed by atoms with Gasteiger partial charge in [-0.25, -0.2) is 9.18 Å². The molecule has 0 atom stereocenters. The Kier molecular flexibility index (Phi) is 4.98. The van der Waals surface area contributed by atoms with E-state index in [1.807, 2.05) is 0 Å². The molecule has 1 aromatic heterocycles. The molecule has 0 spiro atoms. The zero-order valence-electron chi connectivity index (χ0n) is 14.6. The molecule has 2 aromatic carbocycles. The Bertz CT molecular complexity index is 1010. The van der Waals surface area contributed by atoms with Crippen molar-refractivity contribution < 1.29 is 23.4 Å². The highest BCUT2D eigenvalue weighted by molar-refractivity contribution is 5.90. The molecule has 0 bridgehead atoms. The van der Waals surface area contributed by atoms with E-state index in [2.05, 4.69) is 5.16 Å². The summed E-state index contributed by atoms with van der Waals surface area (Å²) in [4.78, 5) is 22.6. The van der Waals surface area contributed by atoms with E-state index in [1.54, 1.807) is 26.0 Å². The van der Waals surface area contributed by atoms with Gasteiger partial charge in [0.2, 0.25) is 0 Å². The number of nitrogens with zero attached hydrogens (tertiary/aromatic N) is 2. The third kappa shape index (κ3) is 3.84. The minimum Gasteiger partial charge on any atom is -0.455 e. The Morgan fingerprint density at radius 1 is 1.22 bits per heavy atom. The zero-order valence-corrected chi connectivity index (χ0v) is 14.6. The van der Waals surface area contributed by atoms with Gasteiger partial charge in [-0.05, 0) is 44.2 Å². The standard InChI is InChI=1S/C19H15FN2O5/c1-11-3-4-14(9-17(11)22(24)25)19(23)26-10-16-12(2)18(27-21-16)13-5-7-15(20)8-6-13/h3-9H,10H2,1-2H3. The van der Waals surface area contributed by atoms with Gasteiger partial charge in [0.15, 0.2) is 5.76 Å². The van der Waals surface area contributed by atoms with Gasteiger partial charge in [0.25, 0.3) is 5.69 Å². The lowest BCUT2D eigenvalue weighted by molar-refractivity contribution is -0.385. The number of carbonyl (C=O) groups is 1. The summed E-state index contributed by atoms with van der Waals surface area (Å²) in [5, 5.41) is 14.9. The van der Waals surface area contributed by atoms with Crippen molar-refractivity contribution in [3.63, 3.8) is 0 Å². The molecule has 0 aliphatic carbocycles. The smallest absolute Gasteiger partial charge is 0.338 e. The highest BCUT2D eigenvalue weighted by atomic mass is 19.1. The summed E-state index contributed by atoms with van der Waals surface area (Å²) in [6, 6.07) is 9.86. The van der Waals surface area contributed by atoms with Crippen molar-refractivity contribution in [3.05, 3.63) is 80.8 Å². The van der Waals surface area contributed by atoms with E-state index < -0.39 is 10.9 Å². The predicted octanol–water partition coefficient (Wildman–Crippen LogP) is 4.36. The minimum absolute atomic E-state index is 0.0761. The van der Waals surface area contributed by atoms with Crippen molar-refractivity contribution >= 4 is 11.7 Å². The quantitative estimate of drug-likeness (QED) is 0.376. The number of carbonyl (C=O) groups excluding carboxylic acids is 1. The van der Waals surface area contributed by atoms with Crippen molar-refractivity contribution in [2.45, 2.75) is 20.5 Å². The van der Waals surface area contributed by atoms with Crippen LogP contribution in [0.15, 0.2) is 47.0 Å². The number of nitro benzene ring substituents is 1. The summed E-state index contributed by atoms with van der Waals surface area (Å²) in [7, 11) is 0. The second kappa shape index (κ2) is 7.36. The monoisotopic (exact) mass is 370 g/mol. The van der Waals surface area contributed by atoms with Crippen LogP contribution in [-0.4, -0.2) is 16.0 Å². The molecule has 0 saturated heterocycles. The molecule has 1 heterocycles. The van der Waals surface area contributed by atoms with Crippen molar-refractivity contribution in [1.29, 1.82) is 0 Å². The molecule has 0 aliphatic rings. The summed E-state index contributed by atoms with van der Waals surface area (Å²) in [6.07, 6.45) is 0. The second-order valence-electron chi connectivity index (χ2n) is 5.92. The summed E-state index contributed by atoms with van der Waals surface area (Å²) in [5.41, 5.74) is 2.09. The number of ether oxygens (including phenoxy) is 1. The molecule has 0 saturated carbocycles. The molecule has 0 unspecified atom stereocenters. The molecule has 0 fully saturated rings. The Morgan fingerprint density at radius 2 is 1.93 bits per heavy atom. The topological polar surface area (TPSA) is 95.5 Å². The Labute approximate surface area is 153 Å². The minimum atomic E-state index is -0.705. The van der Waals surface area contributed by atoms with Crippen LogP contribution in [0.1, 0.15) is 27.2 Å². The molecule has 0 amide bonds. The predicted molar refractivity (Wildman–Crippen MR) is 93.6 cm³/mol. The number of hydrogen-bond acceptors (Lipinski definition) is 6. The number of aryl methyl sites for hydroxylation is 1. The number of hydrogen-bond donors (Lipinski definition) is 0. The largest absolute Gasteiger partial charge is 0.455 e. The van der Waals surface area contributed by atoms with Gasteiger partial charge in [0, 0.05) is 22.8 Å². The van der Waals surface area contributed by atoms with Crippen LogP contribution in [0.25, 0.3) is 11.3 Å². The first-order valence-electron chi connectivity index (χ1n) is 8.00. The molecule has 3 rings (SSSR count). The summed E-state index contributed by atoms with van der Waals surface area (Å²) in [6.45, 7) is 3.18. The summed E-state index contributed by atoms with van der Waals surface area (Å²) < 4.78 is 23.5. The normalized spacial score (nSPS) is 10.6. The molecule has 138 valence electrons. The molecule has 7 nitrogen and oxygen atoms in total. The Morgan fingerprint density at radius 3 is 2.59 bits per heavy atom. The first-order valence-corrected chi connectivity index (χ1v) is 8.00. The number of esters is 1. The van der Waals surface area contributed by atoms with Crippen molar-refractivity contribution in [2.24, 2.45) is 0 Å². The fourth-order valence-corrected chi connectivity index (χ4v) is 2.52. The maximum Gasteiger partial charge on any atom is 0.338 e. The number of benzene rings is 2. The van der Waals surface area contributed by atoms with E-state index in [0.717, 1.165) is 0 Å². The van der Waals surface area contributed by atoms with Gasteiger partial charge in [-0.1, -0.05) is 11.2 Å². The number of aromatic nitrogens is 1. The first-order chi connectivity index (χ1) is 12.9. The van der Waals surface area contributed by atoms with E-state index in [-0.39, 0.29) is 23.7 Å². The molecule has 27 heavy (non-hydrogen) atoms. The SMILES string of the molecule is Cc1ccc(C(=O)OCc2noc(-c3ccc(F)cc3)c2C)cc1[N+](=O)[O-]. The van der Waals surface area contributed by atoms with Crippen molar-refractivity contribution in [2.75, 3.05) is 0 Å². The Balaban J connectivity index is 1.74. The van der Waals surface area contributed by atoms with Gasteiger partial charge in [-0.2, -0.15) is 0 Å².